The zero-order valence-electron chi connectivity index (χ0n) is 65.2. The van der Waals surface area contributed by atoms with Crippen molar-refractivity contribution in [2.24, 2.45) is 112 Å². The molecule has 0 bridgehead atoms. The predicted octanol–water partition coefficient (Wildman–Crippen LogP) is -4.11. The summed E-state index contributed by atoms with van der Waals surface area (Å²) < 4.78 is 0. The number of carbonyl (C=O) groups excluding carboxylic acids is 10. The van der Waals surface area contributed by atoms with Gasteiger partial charge in [0.25, 0.3) is 0 Å². The van der Waals surface area contributed by atoms with E-state index in [1.54, 1.807) is 85.7 Å². The molecule has 2 rings (SSSR count). The largest absolute Gasteiger partial charge is 0.508 e. The Morgan fingerprint density at radius 1 is 0.342 bits per heavy atom. The first-order valence-corrected chi connectivity index (χ1v) is 37.4. The van der Waals surface area contributed by atoms with Crippen molar-refractivity contribution in [2.75, 3.05) is 32.7 Å². The number of aliphatic imine (C=N–C) groups is 5. The van der Waals surface area contributed by atoms with Crippen LogP contribution in [-0.4, -0.2) is 204 Å². The van der Waals surface area contributed by atoms with Crippen molar-refractivity contribution in [3.63, 3.8) is 0 Å². The molecule has 0 aliphatic rings. The number of guanidine groups is 5. The number of amides is 10. The van der Waals surface area contributed by atoms with Crippen LogP contribution in [0, 0.1) is 23.7 Å². The van der Waals surface area contributed by atoms with E-state index in [1.807, 2.05) is 0 Å². The van der Waals surface area contributed by atoms with Gasteiger partial charge in [0.15, 0.2) is 29.8 Å². The van der Waals surface area contributed by atoms with Crippen LogP contribution in [0.1, 0.15) is 156 Å². The fourth-order valence-corrected chi connectivity index (χ4v) is 11.4. The minimum Gasteiger partial charge on any atom is -0.508 e. The number of carboxylic acids is 1. The van der Waals surface area contributed by atoms with Crippen molar-refractivity contribution in [3.8, 4) is 5.75 Å². The molecule has 0 saturated heterocycles. The van der Waals surface area contributed by atoms with Crippen LogP contribution >= 0.6 is 0 Å². The average molecular weight is 1560 g/mol. The highest BCUT2D eigenvalue weighted by atomic mass is 16.4. The minimum absolute atomic E-state index is 0.00122. The molecule has 0 aliphatic carbocycles. The fraction of sp³-hybridized carbons (Fsp3) is 0.611. The van der Waals surface area contributed by atoms with E-state index in [1.165, 1.54) is 24.3 Å². The van der Waals surface area contributed by atoms with Gasteiger partial charge in [-0.15, -0.1) is 0 Å². The normalized spacial score (nSPS) is 14.3. The third-order valence-electron chi connectivity index (χ3n) is 17.3. The van der Waals surface area contributed by atoms with E-state index in [4.69, 9.17) is 63.1 Å². The van der Waals surface area contributed by atoms with E-state index in [9.17, 15) is 53.4 Å². The van der Waals surface area contributed by atoms with Gasteiger partial charge in [-0.25, -0.2) is 4.79 Å². The third kappa shape index (κ3) is 40.1. The molecule has 0 unspecified atom stereocenters. The topological polar surface area (TPSA) is 697 Å². The summed E-state index contributed by atoms with van der Waals surface area (Å²) in [5, 5.41) is 47.2. The van der Waals surface area contributed by atoms with Crippen LogP contribution in [0.15, 0.2) is 79.6 Å². The molecule has 12 atom stereocenters. The summed E-state index contributed by atoms with van der Waals surface area (Å²) in [7, 11) is 0. The number of carbonyl (C=O) groups is 11. The molecule has 0 saturated carbocycles. The molecule has 39 heteroatoms. The average Bonchev–Trinajstić information content (AvgIpc) is 0.850. The number of nitrogens with two attached hydrogens (primary N) is 11. The van der Waals surface area contributed by atoms with Crippen LogP contribution in [0.25, 0.3) is 0 Å². The third-order valence-corrected chi connectivity index (χ3v) is 17.3. The van der Waals surface area contributed by atoms with E-state index in [0.717, 1.165) is 0 Å². The van der Waals surface area contributed by atoms with Gasteiger partial charge in [-0.2, -0.15) is 0 Å². The molecule has 0 aliphatic heterocycles. The standard InChI is InChI=1S/C72H124N26O13/c1-9-42(8)56(66(109)96-52(35-40(4)5)62(105)91-49(23-16-32-87-71(80)81)60(103)94-54(38-44-25-27-45(99)28-26-44)65(108)97-55(67(110)111)36-41(6)7)98-61(104)50(24-17-33-88-72(82)83)90-58(101)48(22-15-31-86-70(78)79)92-64(107)53(37-43-18-11-10-12-19-43)95-63(106)51(34-39(2)3)93-59(102)47(21-14-30-85-69(76)77)89-57(100)46(73)20-13-29-84-68(74)75/h10-12,18-19,25-28,39-42,46-56,99H,9,13-17,20-24,29-38,73H2,1-8H3,(H,89,100)(H,90,101)(H,91,105)(H,92,107)(H,93,102)(H,94,103)(H,95,106)(H,96,109)(H,97,108)(H,98,104)(H,110,111)(H4,74,75,84)(H4,76,77,85)(H4,78,79,86)(H4,80,81,87)(H4,82,83,88)/t42-,46-,47-,48-,49-,50-,51-,52-,53-,54-,55-,56-/m0/s1. The Hall–Kier alpha value is -11.3. The lowest BCUT2D eigenvalue weighted by atomic mass is 9.96. The van der Waals surface area contributed by atoms with Crippen molar-refractivity contribution in [3.05, 3.63) is 65.7 Å². The van der Waals surface area contributed by atoms with Crippen molar-refractivity contribution in [1.29, 1.82) is 0 Å². The van der Waals surface area contributed by atoms with Crippen LogP contribution in [0.4, 0.5) is 0 Å². The van der Waals surface area contributed by atoms with Gasteiger partial charge in [-0.1, -0.05) is 104 Å². The Balaban J connectivity index is 2.71. The van der Waals surface area contributed by atoms with Gasteiger partial charge in [0, 0.05) is 45.6 Å². The number of benzene rings is 2. The molecule has 39 nitrogen and oxygen atoms in total. The maximum absolute atomic E-state index is 15.0. The van der Waals surface area contributed by atoms with Crippen LogP contribution in [0.2, 0.25) is 0 Å². The highest BCUT2D eigenvalue weighted by molar-refractivity contribution is 5.99. The summed E-state index contributed by atoms with van der Waals surface area (Å²) in [6.07, 6.45) is 0.486. The van der Waals surface area contributed by atoms with E-state index in [-0.39, 0.29) is 182 Å². The number of nitrogens with one attached hydrogen (secondary N) is 10. The van der Waals surface area contributed by atoms with E-state index in [0.29, 0.717) is 17.5 Å². The van der Waals surface area contributed by atoms with Gasteiger partial charge < -0.3 is 126 Å². The highest BCUT2D eigenvalue weighted by Crippen LogP contribution is 2.18. The lowest BCUT2D eigenvalue weighted by molar-refractivity contribution is -0.142. The second-order valence-electron chi connectivity index (χ2n) is 28.6. The molecule has 0 spiro atoms. The molecular weight excluding hydrogens is 1440 g/mol. The monoisotopic (exact) mass is 1560 g/mol. The smallest absolute Gasteiger partial charge is 0.326 e. The van der Waals surface area contributed by atoms with Crippen LogP contribution in [-0.2, 0) is 65.6 Å². The van der Waals surface area contributed by atoms with Crippen molar-refractivity contribution < 1.29 is 63.0 Å². The van der Waals surface area contributed by atoms with Crippen molar-refractivity contribution >= 4 is 94.8 Å². The molecule has 0 aromatic heterocycles. The first kappa shape index (κ1) is 95.8. The summed E-state index contributed by atoms with van der Waals surface area (Å²) in [5.74, 6) is -12.2. The lowest BCUT2D eigenvalue weighted by Crippen LogP contribution is -2.61. The quantitative estimate of drug-likeness (QED) is 0.0170. The molecule has 0 heterocycles. The van der Waals surface area contributed by atoms with Crippen LogP contribution in [0.3, 0.4) is 0 Å². The Morgan fingerprint density at radius 3 is 0.946 bits per heavy atom. The molecule has 34 N–H and O–H groups in total. The fourth-order valence-electron chi connectivity index (χ4n) is 11.4. The molecule has 10 amide bonds. The van der Waals surface area contributed by atoms with E-state index in [2.05, 4.69) is 78.1 Å². The van der Waals surface area contributed by atoms with E-state index >= 15 is 9.59 Å². The van der Waals surface area contributed by atoms with Gasteiger partial charge in [0.05, 0.1) is 6.04 Å². The van der Waals surface area contributed by atoms with Crippen molar-refractivity contribution in [2.45, 2.75) is 225 Å². The van der Waals surface area contributed by atoms with Gasteiger partial charge in [-0.05, 0) is 130 Å². The summed E-state index contributed by atoms with van der Waals surface area (Å²) in [6.45, 7) is 14.3. The van der Waals surface area contributed by atoms with Crippen molar-refractivity contribution in [1.82, 2.24) is 53.2 Å². The number of phenols is 1. The number of hydrogen-bond acceptors (Lipinski definition) is 18. The first-order valence-electron chi connectivity index (χ1n) is 37.4. The summed E-state index contributed by atoms with van der Waals surface area (Å²) >= 11 is 0. The zero-order chi connectivity index (χ0) is 83.4. The Kier molecular flexibility index (Phi) is 44.2. The molecule has 0 fully saturated rings. The molecule has 2 aromatic carbocycles. The van der Waals surface area contributed by atoms with Gasteiger partial charge in [-0.3, -0.25) is 72.9 Å². The SMILES string of the molecule is CC[C@H](C)[C@H](NC(=O)[C@H](CCCN=C(N)N)NC(=O)[C@H](CCCN=C(N)N)NC(=O)[C@H](Cc1ccccc1)NC(=O)[C@H](CC(C)C)NC(=O)[C@H](CCCN=C(N)N)NC(=O)[C@@H](N)CCCN=C(N)N)C(=O)N[C@@H](CC(C)C)C(=O)N[C@@H](CCCN=C(N)N)C(=O)N[C@@H](Cc1ccc(O)cc1)C(=O)N[C@@H](CC(C)C)C(=O)O. The molecule has 111 heavy (non-hydrogen) atoms. The minimum atomic E-state index is -1.50. The van der Waals surface area contributed by atoms with Gasteiger partial charge in [0.1, 0.15) is 66.2 Å². The number of rotatable bonds is 53. The highest BCUT2D eigenvalue weighted by Gasteiger charge is 2.38. The second-order valence-corrected chi connectivity index (χ2v) is 28.6. The maximum atomic E-state index is 15.0. The van der Waals surface area contributed by atoms with Gasteiger partial charge in [0.2, 0.25) is 59.1 Å². The summed E-state index contributed by atoms with van der Waals surface area (Å²) in [6, 6.07) is -0.771. The second kappa shape index (κ2) is 51.2. The Bertz CT molecular complexity index is 3450. The summed E-state index contributed by atoms with van der Waals surface area (Å²) in [4.78, 5) is 178. The lowest BCUT2D eigenvalue weighted by Gasteiger charge is -2.30. The van der Waals surface area contributed by atoms with Crippen LogP contribution in [0.5, 0.6) is 5.75 Å². The number of aliphatic carboxylic acids is 1. The molecule has 2 aromatic rings. The Labute approximate surface area is 648 Å². The zero-order valence-corrected chi connectivity index (χ0v) is 65.2. The maximum Gasteiger partial charge on any atom is 0.326 e. The number of carboxylic acid groups (broad SMARTS) is 1. The van der Waals surface area contributed by atoms with E-state index < -0.39 is 137 Å². The summed E-state index contributed by atoms with van der Waals surface area (Å²) in [5.41, 5.74) is 63.1. The first-order chi connectivity index (χ1) is 52.3. The number of phenolic OH excluding ortho intramolecular Hbond substituents is 1. The number of nitrogens with zero attached hydrogens (tertiary/aromatic N) is 5. The van der Waals surface area contributed by atoms with Gasteiger partial charge >= 0.3 is 5.97 Å². The molecular formula is C72H124N26O13. The number of aromatic hydroxyl groups is 1. The van der Waals surface area contributed by atoms with Crippen LogP contribution < -0.4 is 116 Å². The molecule has 0 radical (unpaired) electrons. The Morgan fingerprint density at radius 2 is 0.613 bits per heavy atom. The molecule has 620 valence electrons. The predicted molar refractivity (Wildman–Crippen MR) is 424 cm³/mol. The number of hydrogen-bond donors (Lipinski definition) is 23.